The minimum atomic E-state index is -1.97. The largest absolute Gasteiger partial charge is 0.481 e. The average molecular weight is 285 g/mol. The topological polar surface area (TPSA) is 74.7 Å². The van der Waals surface area contributed by atoms with Gasteiger partial charge in [0.25, 0.3) is 0 Å². The van der Waals surface area contributed by atoms with Gasteiger partial charge >= 0.3 is 5.97 Å². The Morgan fingerprint density at radius 2 is 1.89 bits per heavy atom. The Balaban J connectivity index is 2.76. The maximum atomic E-state index is 11.9. The van der Waals surface area contributed by atoms with E-state index in [0.717, 1.165) is 0 Å². The molecule has 5 nitrogen and oxygen atoms in total. The van der Waals surface area contributed by atoms with Gasteiger partial charge in [-0.1, -0.05) is 33.9 Å². The summed E-state index contributed by atoms with van der Waals surface area (Å²) in [5.74, 6) is -1.30. The van der Waals surface area contributed by atoms with Gasteiger partial charge in [-0.15, -0.1) is 0 Å². The van der Waals surface area contributed by atoms with Crippen molar-refractivity contribution in [3.05, 3.63) is 0 Å². The molecule has 6 heteroatoms. The van der Waals surface area contributed by atoms with Crippen LogP contribution in [0.15, 0.2) is 0 Å². The molecule has 0 aromatic carbocycles. The minimum absolute atomic E-state index is 0.0250. The van der Waals surface area contributed by atoms with E-state index in [4.69, 9.17) is 5.11 Å². The highest BCUT2D eigenvalue weighted by Crippen LogP contribution is 2.43. The zero-order valence-corrected chi connectivity index (χ0v) is 13.3. The Labute approximate surface area is 115 Å². The fraction of sp³-hybridized carbons (Fsp3) is 0.769. The van der Waals surface area contributed by atoms with Crippen LogP contribution in [-0.2, 0) is 14.4 Å². The second-order valence-corrected chi connectivity index (χ2v) is 11.8. The van der Waals surface area contributed by atoms with Gasteiger partial charge in [0.05, 0.1) is 0 Å². The molecule has 1 aliphatic rings. The summed E-state index contributed by atoms with van der Waals surface area (Å²) in [5.41, 5.74) is 0. The van der Waals surface area contributed by atoms with Crippen molar-refractivity contribution in [3.8, 4) is 0 Å². The molecule has 1 aliphatic heterocycles. The van der Waals surface area contributed by atoms with Gasteiger partial charge in [0.15, 0.2) is 8.24 Å². The summed E-state index contributed by atoms with van der Waals surface area (Å²) in [6.45, 7) is 10.6. The number of carbonyl (C=O) groups excluding carboxylic acids is 2. The van der Waals surface area contributed by atoms with Crippen molar-refractivity contribution in [3.63, 3.8) is 0 Å². The molecule has 1 N–H and O–H groups in total. The third-order valence-electron chi connectivity index (χ3n) is 4.29. The third-order valence-corrected chi connectivity index (χ3v) is 9.78. The lowest BCUT2D eigenvalue weighted by atomic mass is 9.99. The Bertz CT molecular complexity index is 411. The number of β-lactam (4-membered cyclic amide) rings is 1. The maximum Gasteiger partial charge on any atom is 0.310 e. The summed E-state index contributed by atoms with van der Waals surface area (Å²) in [7, 11) is -1.97. The molecule has 0 radical (unpaired) electrons. The van der Waals surface area contributed by atoms with E-state index in [9.17, 15) is 14.4 Å². The molecule has 0 aromatic heterocycles. The molecule has 1 amide bonds. The lowest BCUT2D eigenvalue weighted by Crippen LogP contribution is -2.68. The minimum Gasteiger partial charge on any atom is -0.481 e. The highest BCUT2D eigenvalue weighted by Gasteiger charge is 2.51. The van der Waals surface area contributed by atoms with E-state index in [1.807, 2.05) is 4.57 Å². The Kier molecular flexibility index (Phi) is 4.24. The second-order valence-electron chi connectivity index (χ2n) is 6.74. The zero-order chi connectivity index (χ0) is 15.0. The molecule has 1 rings (SSSR count). The molecule has 0 aliphatic carbocycles. The van der Waals surface area contributed by atoms with Crippen molar-refractivity contribution in [2.45, 2.75) is 64.2 Å². The van der Waals surface area contributed by atoms with E-state index in [-0.39, 0.29) is 29.2 Å². The van der Waals surface area contributed by atoms with Gasteiger partial charge in [-0.25, -0.2) is 0 Å². The van der Waals surface area contributed by atoms with Crippen LogP contribution in [0, 0.1) is 0 Å². The van der Waals surface area contributed by atoms with Gasteiger partial charge in [-0.3, -0.25) is 14.4 Å². The molecule has 0 bridgehead atoms. The molecule has 0 aromatic rings. The number of nitrogens with zero attached hydrogens (tertiary/aromatic N) is 1. The van der Waals surface area contributed by atoms with E-state index < -0.39 is 20.6 Å². The number of hydrogen-bond donors (Lipinski definition) is 1. The molecule has 1 saturated heterocycles. The predicted molar refractivity (Wildman–Crippen MR) is 74.3 cm³/mol. The first kappa shape index (κ1) is 15.9. The van der Waals surface area contributed by atoms with Gasteiger partial charge in [-0.05, 0) is 5.04 Å². The number of amides is 1. The molecule has 1 fully saturated rings. The van der Waals surface area contributed by atoms with Crippen molar-refractivity contribution in [1.82, 2.24) is 4.57 Å². The zero-order valence-electron chi connectivity index (χ0n) is 12.3. The van der Waals surface area contributed by atoms with E-state index in [1.165, 1.54) is 0 Å². The summed E-state index contributed by atoms with van der Waals surface area (Å²) < 4.78 is 1.88. The number of ketones is 1. The van der Waals surface area contributed by atoms with Crippen molar-refractivity contribution < 1.29 is 19.5 Å². The van der Waals surface area contributed by atoms with Crippen molar-refractivity contribution in [2.24, 2.45) is 0 Å². The fourth-order valence-corrected chi connectivity index (χ4v) is 4.81. The maximum absolute atomic E-state index is 11.9. The molecular weight excluding hydrogens is 262 g/mol. The monoisotopic (exact) mass is 285 g/mol. The van der Waals surface area contributed by atoms with Crippen LogP contribution in [0.4, 0.5) is 0 Å². The van der Waals surface area contributed by atoms with E-state index in [0.29, 0.717) is 6.42 Å². The van der Waals surface area contributed by atoms with Crippen molar-refractivity contribution in [2.75, 3.05) is 0 Å². The Morgan fingerprint density at radius 3 is 2.26 bits per heavy atom. The van der Waals surface area contributed by atoms with Crippen LogP contribution < -0.4 is 0 Å². The molecule has 1 heterocycles. The van der Waals surface area contributed by atoms with Gasteiger partial charge in [0, 0.05) is 18.9 Å². The molecular formula is C13H23NO4Si. The predicted octanol–water partition coefficient (Wildman–Crippen LogP) is 2.03. The summed E-state index contributed by atoms with van der Waals surface area (Å²) >= 11 is 0. The van der Waals surface area contributed by atoms with Gasteiger partial charge in [0.1, 0.15) is 12.2 Å². The second kappa shape index (κ2) is 5.07. The number of hydrogen-bond acceptors (Lipinski definition) is 3. The average Bonchev–Trinajstić information content (AvgIpc) is 2.11. The Morgan fingerprint density at radius 1 is 1.37 bits per heavy atom. The lowest BCUT2D eigenvalue weighted by molar-refractivity contribution is -0.142. The number of Topliss-reactive ketones (excluding diaryl/α,β-unsaturated/α-hetero) is 1. The lowest BCUT2D eigenvalue weighted by Gasteiger charge is -2.54. The van der Waals surface area contributed by atoms with Crippen LogP contribution in [0.25, 0.3) is 0 Å². The smallest absolute Gasteiger partial charge is 0.310 e. The van der Waals surface area contributed by atoms with Gasteiger partial charge < -0.3 is 9.67 Å². The molecule has 1 unspecified atom stereocenters. The molecule has 108 valence electrons. The van der Waals surface area contributed by atoms with E-state index in [1.54, 1.807) is 0 Å². The number of carboxylic acids is 1. The van der Waals surface area contributed by atoms with E-state index in [2.05, 4.69) is 33.9 Å². The standard InChI is InChI=1S/C13H23NO4Si/c1-13(2,3)19(4,5)14-9(7-11(14)16)6-10(15)8-12(17)18/h9H,6-8H2,1-5H3,(H,17,18). The highest BCUT2D eigenvalue weighted by atomic mass is 28.3. The quantitative estimate of drug-likeness (QED) is 0.476. The van der Waals surface area contributed by atoms with E-state index >= 15 is 0 Å². The van der Waals surface area contributed by atoms with Crippen LogP contribution in [0.1, 0.15) is 40.0 Å². The normalized spacial score (nSPS) is 20.2. The molecule has 0 spiro atoms. The highest BCUT2D eigenvalue weighted by molar-refractivity contribution is 6.80. The van der Waals surface area contributed by atoms with Crippen LogP contribution >= 0.6 is 0 Å². The van der Waals surface area contributed by atoms with Crippen LogP contribution in [0.2, 0.25) is 18.1 Å². The molecule has 1 atom stereocenters. The number of carbonyl (C=O) groups is 3. The third kappa shape index (κ3) is 3.23. The number of aliphatic carboxylic acids is 1. The van der Waals surface area contributed by atoms with Crippen LogP contribution in [0.5, 0.6) is 0 Å². The number of rotatable bonds is 5. The van der Waals surface area contributed by atoms with Crippen molar-refractivity contribution in [1.29, 1.82) is 0 Å². The summed E-state index contributed by atoms with van der Waals surface area (Å²) in [6, 6.07) is -0.0970. The van der Waals surface area contributed by atoms with Crippen molar-refractivity contribution >= 4 is 25.9 Å². The SMILES string of the molecule is CC(C)(C)[Si](C)(C)N1C(=O)CC1CC(=O)CC(=O)O. The first-order chi connectivity index (χ1) is 8.46. The van der Waals surface area contributed by atoms with Gasteiger partial charge in [0.2, 0.25) is 5.91 Å². The summed E-state index contributed by atoms with van der Waals surface area (Å²) in [5, 5.41) is 8.63. The van der Waals surface area contributed by atoms with Crippen LogP contribution in [0.3, 0.4) is 0 Å². The van der Waals surface area contributed by atoms with Gasteiger partial charge in [-0.2, -0.15) is 0 Å². The molecule has 0 saturated carbocycles. The first-order valence-corrected chi connectivity index (χ1v) is 9.47. The molecule has 19 heavy (non-hydrogen) atoms. The first-order valence-electron chi connectivity index (χ1n) is 6.52. The summed E-state index contributed by atoms with van der Waals surface area (Å²) in [6.07, 6.45) is 0.0957. The van der Waals surface area contributed by atoms with Crippen LogP contribution in [-0.4, -0.2) is 41.6 Å². The summed E-state index contributed by atoms with van der Waals surface area (Å²) in [4.78, 5) is 34.0. The number of carboxylic acid groups (broad SMARTS) is 1. The Hall–Kier alpha value is -1.17. The fourth-order valence-electron chi connectivity index (χ4n) is 2.28.